The number of fused-ring (bicyclic) bond motifs is 1. The molecule has 0 bridgehead atoms. The summed E-state index contributed by atoms with van der Waals surface area (Å²) in [6, 6.07) is 13.7. The van der Waals surface area contributed by atoms with Crippen molar-refractivity contribution in [1.82, 2.24) is 9.88 Å². The third-order valence-corrected chi connectivity index (χ3v) is 5.62. The average Bonchev–Trinajstić information content (AvgIpc) is 3.06. The summed E-state index contributed by atoms with van der Waals surface area (Å²) in [6.07, 6.45) is 1.98. The van der Waals surface area contributed by atoms with Gasteiger partial charge in [-0.15, -0.1) is 24.8 Å². The van der Waals surface area contributed by atoms with E-state index in [1.165, 1.54) is 23.2 Å². The second-order valence-corrected chi connectivity index (χ2v) is 7.26. The molecule has 0 spiro atoms. The first-order chi connectivity index (χ1) is 11.1. The van der Waals surface area contributed by atoms with Gasteiger partial charge in [-0.1, -0.05) is 30.3 Å². The molecule has 2 aliphatic heterocycles. The van der Waals surface area contributed by atoms with Crippen molar-refractivity contribution in [1.29, 1.82) is 0 Å². The molecule has 0 saturated carbocycles. The molecule has 136 valence electrons. The number of aryl methyl sites for hydroxylation is 2. The lowest BCUT2D eigenvalue weighted by Crippen LogP contribution is -2.29. The molecule has 3 heterocycles. The number of rotatable bonds is 2. The minimum Gasteiger partial charge on any atom is -0.356 e. The molecule has 3 atom stereocenters. The second kappa shape index (κ2) is 7.94. The fourth-order valence-corrected chi connectivity index (χ4v) is 4.48. The Morgan fingerprint density at radius 1 is 0.960 bits per heavy atom. The smallest absolute Gasteiger partial charge is 0.128 e. The average molecular weight is 380 g/mol. The highest BCUT2D eigenvalue weighted by atomic mass is 35.5. The highest BCUT2D eigenvalue weighted by molar-refractivity contribution is 5.85. The lowest BCUT2D eigenvalue weighted by Gasteiger charge is -2.28. The standard InChI is InChI=1S/C20H25N3.2ClH/c1-14-8-9-19(21-10-14)23-12-16-11-22(3)20(18(16)13-23)17-7-5-4-6-15(17)2;;/h4-10,16,18,20H,11-13H2,1-3H3;2*1H/t16-,18+,20+;;/m0../s1. The number of hydrogen-bond donors (Lipinski definition) is 0. The Kier molecular flexibility index (Phi) is 6.36. The predicted octanol–water partition coefficient (Wildman–Crippen LogP) is 4.28. The summed E-state index contributed by atoms with van der Waals surface area (Å²) in [5.74, 6) is 2.58. The van der Waals surface area contributed by atoms with Gasteiger partial charge in [0.2, 0.25) is 0 Å². The highest BCUT2D eigenvalue weighted by Gasteiger charge is 2.46. The minimum atomic E-state index is 0. The fraction of sp³-hybridized carbons (Fsp3) is 0.450. The van der Waals surface area contributed by atoms with Crippen molar-refractivity contribution in [2.75, 3.05) is 31.6 Å². The number of anilines is 1. The van der Waals surface area contributed by atoms with Crippen molar-refractivity contribution >= 4 is 30.6 Å². The maximum absolute atomic E-state index is 4.63. The molecule has 0 amide bonds. The molecule has 2 fully saturated rings. The molecule has 2 aliphatic rings. The van der Waals surface area contributed by atoms with Gasteiger partial charge >= 0.3 is 0 Å². The minimum absolute atomic E-state index is 0. The van der Waals surface area contributed by atoms with Crippen LogP contribution in [0.4, 0.5) is 5.82 Å². The van der Waals surface area contributed by atoms with E-state index < -0.39 is 0 Å². The zero-order valence-electron chi connectivity index (χ0n) is 15.1. The summed E-state index contributed by atoms with van der Waals surface area (Å²) in [6.45, 7) is 7.77. The van der Waals surface area contributed by atoms with E-state index in [0.717, 1.165) is 24.8 Å². The Morgan fingerprint density at radius 3 is 2.40 bits per heavy atom. The van der Waals surface area contributed by atoms with Crippen LogP contribution in [-0.4, -0.2) is 36.6 Å². The number of pyridine rings is 1. The first-order valence-corrected chi connectivity index (χ1v) is 8.57. The van der Waals surface area contributed by atoms with E-state index in [1.54, 1.807) is 0 Å². The van der Waals surface area contributed by atoms with Gasteiger partial charge in [-0.2, -0.15) is 0 Å². The summed E-state index contributed by atoms with van der Waals surface area (Å²) in [5, 5.41) is 0. The maximum atomic E-state index is 4.63. The lowest BCUT2D eigenvalue weighted by atomic mass is 9.88. The van der Waals surface area contributed by atoms with E-state index in [9.17, 15) is 0 Å². The zero-order valence-corrected chi connectivity index (χ0v) is 16.7. The van der Waals surface area contributed by atoms with Crippen LogP contribution < -0.4 is 4.90 Å². The third kappa shape index (κ3) is 3.64. The van der Waals surface area contributed by atoms with Crippen LogP contribution in [0, 0.1) is 25.7 Å². The maximum Gasteiger partial charge on any atom is 0.128 e. The van der Waals surface area contributed by atoms with Crippen LogP contribution in [-0.2, 0) is 0 Å². The molecule has 1 aromatic heterocycles. The molecule has 1 aromatic carbocycles. The van der Waals surface area contributed by atoms with Crippen molar-refractivity contribution in [3.63, 3.8) is 0 Å². The van der Waals surface area contributed by atoms with Crippen LogP contribution in [0.1, 0.15) is 22.7 Å². The first kappa shape index (κ1) is 20.0. The number of nitrogens with zero attached hydrogens (tertiary/aromatic N) is 3. The molecule has 3 nitrogen and oxygen atoms in total. The highest BCUT2D eigenvalue weighted by Crippen LogP contribution is 2.45. The van der Waals surface area contributed by atoms with Crippen LogP contribution in [0.3, 0.4) is 0 Å². The monoisotopic (exact) mass is 379 g/mol. The van der Waals surface area contributed by atoms with Crippen LogP contribution in [0.15, 0.2) is 42.6 Å². The quantitative estimate of drug-likeness (QED) is 0.775. The Bertz CT molecular complexity index is 704. The molecule has 0 N–H and O–H groups in total. The normalized spacial score (nSPS) is 25.2. The molecule has 5 heteroatoms. The van der Waals surface area contributed by atoms with E-state index in [4.69, 9.17) is 0 Å². The van der Waals surface area contributed by atoms with Gasteiger partial charge in [0.25, 0.3) is 0 Å². The number of benzene rings is 1. The fourth-order valence-electron chi connectivity index (χ4n) is 4.48. The summed E-state index contributed by atoms with van der Waals surface area (Å²) in [5.41, 5.74) is 4.14. The van der Waals surface area contributed by atoms with Gasteiger partial charge in [0.05, 0.1) is 0 Å². The molecule has 2 aromatic rings. The van der Waals surface area contributed by atoms with Crippen LogP contribution in [0.5, 0.6) is 0 Å². The van der Waals surface area contributed by atoms with E-state index >= 15 is 0 Å². The van der Waals surface area contributed by atoms with E-state index in [2.05, 4.69) is 72.1 Å². The number of aromatic nitrogens is 1. The first-order valence-electron chi connectivity index (χ1n) is 8.57. The lowest BCUT2D eigenvalue weighted by molar-refractivity contribution is 0.279. The zero-order chi connectivity index (χ0) is 16.0. The van der Waals surface area contributed by atoms with Crippen molar-refractivity contribution in [2.45, 2.75) is 19.9 Å². The van der Waals surface area contributed by atoms with Crippen molar-refractivity contribution in [2.24, 2.45) is 11.8 Å². The Labute approximate surface area is 163 Å². The number of likely N-dealkylation sites (tertiary alicyclic amines) is 1. The van der Waals surface area contributed by atoms with Crippen molar-refractivity contribution < 1.29 is 0 Å². The third-order valence-electron chi connectivity index (χ3n) is 5.62. The largest absolute Gasteiger partial charge is 0.356 e. The van der Waals surface area contributed by atoms with Gasteiger partial charge in [-0.3, -0.25) is 4.90 Å². The molecular weight excluding hydrogens is 353 g/mol. The van der Waals surface area contributed by atoms with Crippen LogP contribution >= 0.6 is 24.8 Å². The van der Waals surface area contributed by atoms with Gasteiger partial charge in [0.1, 0.15) is 5.82 Å². The van der Waals surface area contributed by atoms with E-state index in [1.807, 2.05) is 6.20 Å². The SMILES string of the molecule is Cc1ccc(N2C[C@@H]3CN(C)[C@H](c4ccccc4C)[C@@H]3C2)nc1.Cl.Cl. The molecule has 0 radical (unpaired) electrons. The summed E-state index contributed by atoms with van der Waals surface area (Å²) in [4.78, 5) is 9.67. The molecule has 0 aliphatic carbocycles. The predicted molar refractivity (Wildman–Crippen MR) is 109 cm³/mol. The van der Waals surface area contributed by atoms with Gasteiger partial charge in [-0.25, -0.2) is 4.98 Å². The molecular formula is C20H27Cl2N3. The second-order valence-electron chi connectivity index (χ2n) is 7.26. The molecule has 25 heavy (non-hydrogen) atoms. The Hall–Kier alpha value is -1.29. The van der Waals surface area contributed by atoms with Crippen molar-refractivity contribution in [3.8, 4) is 0 Å². The summed E-state index contributed by atoms with van der Waals surface area (Å²) < 4.78 is 0. The van der Waals surface area contributed by atoms with Gasteiger partial charge in [0, 0.05) is 37.8 Å². The van der Waals surface area contributed by atoms with E-state index in [-0.39, 0.29) is 24.8 Å². The van der Waals surface area contributed by atoms with E-state index in [0.29, 0.717) is 12.0 Å². The molecule has 4 rings (SSSR count). The van der Waals surface area contributed by atoms with Crippen LogP contribution in [0.25, 0.3) is 0 Å². The van der Waals surface area contributed by atoms with Gasteiger partial charge in [0.15, 0.2) is 0 Å². The van der Waals surface area contributed by atoms with Crippen molar-refractivity contribution in [3.05, 3.63) is 59.3 Å². The topological polar surface area (TPSA) is 19.4 Å². The summed E-state index contributed by atoms with van der Waals surface area (Å²) >= 11 is 0. The van der Waals surface area contributed by atoms with Gasteiger partial charge in [-0.05, 0) is 49.6 Å². The van der Waals surface area contributed by atoms with Gasteiger partial charge < -0.3 is 4.90 Å². The summed E-state index contributed by atoms with van der Waals surface area (Å²) in [7, 11) is 2.28. The Morgan fingerprint density at radius 2 is 1.72 bits per heavy atom. The van der Waals surface area contributed by atoms with Crippen LogP contribution in [0.2, 0.25) is 0 Å². The molecule has 0 unspecified atom stereocenters. The molecule has 2 saturated heterocycles. The Balaban J connectivity index is 0.00000113. The number of hydrogen-bond acceptors (Lipinski definition) is 3. The number of halogens is 2.